The van der Waals surface area contributed by atoms with Crippen molar-refractivity contribution in [1.82, 2.24) is 19.6 Å². The van der Waals surface area contributed by atoms with Gasteiger partial charge in [-0.15, -0.1) is 0 Å². The molecule has 2 amide bonds. The highest BCUT2D eigenvalue weighted by atomic mass is 32.2. The van der Waals surface area contributed by atoms with Gasteiger partial charge in [-0.3, -0.25) is 10.00 Å². The van der Waals surface area contributed by atoms with E-state index in [-0.39, 0.29) is 12.1 Å². The molecular weight excluding hydrogens is 286 g/mol. The first-order chi connectivity index (χ1) is 10.1. The van der Waals surface area contributed by atoms with Crippen LogP contribution in [0.2, 0.25) is 0 Å². The number of hydrogen-bond acceptors (Lipinski definition) is 4. The number of hydrogen-bond donors (Lipinski definition) is 1. The zero-order valence-corrected chi connectivity index (χ0v) is 13.9. The average Bonchev–Trinajstić information content (AvgIpc) is 2.76. The molecule has 1 N–H and O–H groups in total. The van der Waals surface area contributed by atoms with Crippen LogP contribution in [0.25, 0.3) is 0 Å². The molecule has 0 unspecified atom stereocenters. The van der Waals surface area contributed by atoms with E-state index in [0.717, 1.165) is 37.6 Å². The third-order valence-corrected chi connectivity index (χ3v) is 4.60. The van der Waals surface area contributed by atoms with Crippen LogP contribution in [0, 0.1) is 0 Å². The summed E-state index contributed by atoms with van der Waals surface area (Å²) >= 11 is 1.91. The Morgan fingerprint density at radius 3 is 3.10 bits per heavy atom. The molecule has 0 aromatic carbocycles. The Kier molecular flexibility index (Phi) is 5.93. The van der Waals surface area contributed by atoms with Crippen LogP contribution in [0.15, 0.2) is 12.3 Å². The summed E-state index contributed by atoms with van der Waals surface area (Å²) in [6, 6.07) is 2.10. The second kappa shape index (κ2) is 7.70. The number of nitrogens with zero attached hydrogens (tertiary/aromatic N) is 4. The lowest BCUT2D eigenvalue weighted by Gasteiger charge is -2.26. The number of carbonyl (C=O) groups excluding carboxylic acids is 1. The van der Waals surface area contributed by atoms with Crippen molar-refractivity contribution in [3.05, 3.63) is 12.3 Å². The molecule has 1 saturated heterocycles. The Balaban J connectivity index is 1.89. The lowest BCUT2D eigenvalue weighted by atomic mass is 10.2. The number of amides is 2. The first kappa shape index (κ1) is 16.2. The van der Waals surface area contributed by atoms with E-state index in [1.807, 2.05) is 47.7 Å². The number of nitrogens with one attached hydrogen (secondary N) is 1. The van der Waals surface area contributed by atoms with Crippen molar-refractivity contribution >= 4 is 23.6 Å². The summed E-state index contributed by atoms with van der Waals surface area (Å²) in [6.45, 7) is 4.66. The number of rotatable bonds is 4. The fourth-order valence-electron chi connectivity index (χ4n) is 2.23. The normalized spacial score (nSPS) is 19.6. The monoisotopic (exact) mass is 311 g/mol. The Morgan fingerprint density at radius 1 is 1.52 bits per heavy atom. The summed E-state index contributed by atoms with van der Waals surface area (Å²) in [5, 5.41) is 7.30. The largest absolute Gasteiger partial charge is 0.323 e. The van der Waals surface area contributed by atoms with E-state index in [0.29, 0.717) is 5.82 Å². The predicted molar refractivity (Wildman–Crippen MR) is 87.9 cm³/mol. The van der Waals surface area contributed by atoms with Crippen LogP contribution >= 0.6 is 11.8 Å². The van der Waals surface area contributed by atoms with Gasteiger partial charge in [-0.05, 0) is 33.2 Å². The maximum atomic E-state index is 12.4. The van der Waals surface area contributed by atoms with Gasteiger partial charge >= 0.3 is 6.03 Å². The average molecular weight is 311 g/mol. The molecule has 0 radical (unpaired) electrons. The molecule has 7 heteroatoms. The van der Waals surface area contributed by atoms with Crippen molar-refractivity contribution in [1.29, 1.82) is 0 Å². The molecule has 1 aromatic rings. The van der Waals surface area contributed by atoms with Gasteiger partial charge in [0, 0.05) is 37.1 Å². The van der Waals surface area contributed by atoms with Crippen LogP contribution in [0.1, 0.15) is 13.3 Å². The second-order valence-electron chi connectivity index (χ2n) is 5.64. The molecule has 0 aliphatic carbocycles. The summed E-state index contributed by atoms with van der Waals surface area (Å²) in [5.41, 5.74) is 0. The minimum Gasteiger partial charge on any atom is -0.321 e. The molecule has 1 aliphatic heterocycles. The highest BCUT2D eigenvalue weighted by Gasteiger charge is 2.22. The van der Waals surface area contributed by atoms with Crippen LogP contribution < -0.4 is 5.32 Å². The zero-order chi connectivity index (χ0) is 15.2. The van der Waals surface area contributed by atoms with Crippen molar-refractivity contribution in [3.63, 3.8) is 0 Å². The zero-order valence-electron chi connectivity index (χ0n) is 13.1. The van der Waals surface area contributed by atoms with Crippen LogP contribution in [0.5, 0.6) is 0 Å². The lowest BCUT2D eigenvalue weighted by Crippen LogP contribution is -2.42. The van der Waals surface area contributed by atoms with Crippen molar-refractivity contribution in [3.8, 4) is 0 Å². The van der Waals surface area contributed by atoms with Crippen molar-refractivity contribution in [2.24, 2.45) is 0 Å². The van der Waals surface area contributed by atoms with E-state index in [4.69, 9.17) is 0 Å². The smallest absolute Gasteiger partial charge is 0.321 e. The van der Waals surface area contributed by atoms with Gasteiger partial charge in [0.2, 0.25) is 0 Å². The van der Waals surface area contributed by atoms with E-state index < -0.39 is 0 Å². The fraction of sp³-hybridized carbons (Fsp3) is 0.714. The van der Waals surface area contributed by atoms with E-state index in [1.165, 1.54) is 0 Å². The number of thioether (sulfide) groups is 1. The standard InChI is InChI=1S/C14H25N5OS/c1-12-5-10-21-11-9-19(12)14(20)15-13-4-6-18(16-13)8-7-17(2)3/h4,6,12H,5,7-11H2,1-3H3,(H,15,16,20)/t12-/m1/s1. The van der Waals surface area contributed by atoms with Gasteiger partial charge < -0.3 is 9.80 Å². The predicted octanol–water partition coefficient (Wildman–Crippen LogP) is 1.80. The van der Waals surface area contributed by atoms with E-state index >= 15 is 0 Å². The Hall–Kier alpha value is -1.21. The van der Waals surface area contributed by atoms with Gasteiger partial charge in [0.25, 0.3) is 0 Å². The molecule has 21 heavy (non-hydrogen) atoms. The molecule has 6 nitrogen and oxygen atoms in total. The van der Waals surface area contributed by atoms with Gasteiger partial charge in [0.05, 0.1) is 6.54 Å². The number of urea groups is 1. The molecule has 1 fully saturated rings. The molecule has 1 aliphatic rings. The van der Waals surface area contributed by atoms with E-state index in [9.17, 15) is 4.79 Å². The molecule has 2 heterocycles. The Bertz CT molecular complexity index is 462. The number of carbonyl (C=O) groups is 1. The lowest BCUT2D eigenvalue weighted by molar-refractivity contribution is 0.197. The molecule has 0 bridgehead atoms. The van der Waals surface area contributed by atoms with Crippen LogP contribution in [0.3, 0.4) is 0 Å². The van der Waals surface area contributed by atoms with Crippen molar-refractivity contribution < 1.29 is 4.79 Å². The quantitative estimate of drug-likeness (QED) is 0.921. The first-order valence-electron chi connectivity index (χ1n) is 7.40. The van der Waals surface area contributed by atoms with Crippen LogP contribution in [-0.2, 0) is 6.54 Å². The summed E-state index contributed by atoms with van der Waals surface area (Å²) in [4.78, 5) is 16.4. The first-order valence-corrected chi connectivity index (χ1v) is 8.55. The van der Waals surface area contributed by atoms with Gasteiger partial charge in [-0.2, -0.15) is 16.9 Å². The molecule has 1 aromatic heterocycles. The Morgan fingerprint density at radius 2 is 2.33 bits per heavy atom. The second-order valence-corrected chi connectivity index (χ2v) is 6.87. The highest BCUT2D eigenvalue weighted by molar-refractivity contribution is 7.99. The number of anilines is 1. The Labute approximate surface area is 130 Å². The molecule has 0 spiro atoms. The van der Waals surface area contributed by atoms with Crippen LogP contribution in [-0.4, -0.2) is 70.3 Å². The van der Waals surface area contributed by atoms with Gasteiger partial charge in [-0.25, -0.2) is 4.79 Å². The van der Waals surface area contributed by atoms with Gasteiger partial charge in [-0.1, -0.05) is 0 Å². The molecule has 118 valence electrons. The molecular formula is C14H25N5OS. The summed E-state index contributed by atoms with van der Waals surface area (Å²) in [5.74, 6) is 2.77. The van der Waals surface area contributed by atoms with Crippen LogP contribution in [0.4, 0.5) is 10.6 Å². The van der Waals surface area contributed by atoms with Crippen molar-refractivity contribution in [2.45, 2.75) is 25.9 Å². The number of aromatic nitrogens is 2. The highest BCUT2D eigenvalue weighted by Crippen LogP contribution is 2.17. The van der Waals surface area contributed by atoms with E-state index in [2.05, 4.69) is 22.2 Å². The van der Waals surface area contributed by atoms with E-state index in [1.54, 1.807) is 0 Å². The SMILES string of the molecule is C[C@@H]1CCSCCN1C(=O)Nc1ccn(CCN(C)C)n1. The topological polar surface area (TPSA) is 53.4 Å². The summed E-state index contributed by atoms with van der Waals surface area (Å²) in [7, 11) is 4.07. The third-order valence-electron chi connectivity index (χ3n) is 3.60. The minimum atomic E-state index is -0.0390. The van der Waals surface area contributed by atoms with Gasteiger partial charge in [0.15, 0.2) is 5.82 Å². The molecule has 2 rings (SSSR count). The maximum Gasteiger partial charge on any atom is 0.323 e. The summed E-state index contributed by atoms with van der Waals surface area (Å²) < 4.78 is 1.86. The van der Waals surface area contributed by atoms with Crippen molar-refractivity contribution in [2.75, 3.05) is 44.0 Å². The molecule has 0 saturated carbocycles. The van der Waals surface area contributed by atoms with Gasteiger partial charge in [0.1, 0.15) is 0 Å². The third kappa shape index (κ3) is 4.93. The maximum absolute atomic E-state index is 12.4. The molecule has 1 atom stereocenters. The minimum absolute atomic E-state index is 0.0390. The number of likely N-dealkylation sites (N-methyl/N-ethyl adjacent to an activating group) is 1. The summed E-state index contributed by atoms with van der Waals surface area (Å²) in [6.07, 6.45) is 2.95. The fourth-order valence-corrected chi connectivity index (χ4v) is 3.27.